The number of hydrogen-bond donors (Lipinski definition) is 4. The summed E-state index contributed by atoms with van der Waals surface area (Å²) in [4.78, 5) is 56.2. The van der Waals surface area contributed by atoms with E-state index in [-0.39, 0.29) is 59.7 Å². The molecule has 2 aromatic carbocycles. The molecule has 6 rings (SSSR count). The zero-order valence-electron chi connectivity index (χ0n) is 29.5. The standard InChI is InChI=1S/C19H17ClN2O4.C18H14ClFN2O4.C2H6/c1-11-13(3-2-4-16(11)20)7-12-8-14-17(24)15(19(25)26)10-22(5-6-23)18(14)21-9-12;19-14-3-1-2-11(15(14)20)6-10-7-12-16(24)13(18(25)26)9-22(4-5-23)17(12)21-8-10;1-2/h2-4,8-10,23H,5-7H2,1H3,(H,25,26);1-3,7-9,23H,4-6H2,(H,25,26);1-2H3. The highest BCUT2D eigenvalue weighted by molar-refractivity contribution is 6.31. The monoisotopic (exact) mass is 778 g/mol. The van der Waals surface area contributed by atoms with Crippen LogP contribution >= 0.6 is 23.2 Å². The number of pyridine rings is 4. The van der Waals surface area contributed by atoms with Gasteiger partial charge in [-0.25, -0.2) is 23.9 Å². The number of carboxylic acid groups (broad SMARTS) is 2. The van der Waals surface area contributed by atoms with Gasteiger partial charge in [-0.3, -0.25) is 9.59 Å². The quantitative estimate of drug-likeness (QED) is 0.126. The summed E-state index contributed by atoms with van der Waals surface area (Å²) in [5.74, 6) is -3.22. The molecule has 0 amide bonds. The number of aliphatic hydroxyl groups is 2. The third kappa shape index (κ3) is 9.18. The van der Waals surface area contributed by atoms with E-state index in [0.717, 1.165) is 22.9 Å². The average molecular weight is 780 g/mol. The highest BCUT2D eigenvalue weighted by Gasteiger charge is 2.18. The number of fused-ring (bicyclic) bond motifs is 2. The maximum absolute atomic E-state index is 14.1. The normalized spacial score (nSPS) is 10.7. The van der Waals surface area contributed by atoms with Gasteiger partial charge in [0, 0.05) is 49.3 Å². The van der Waals surface area contributed by atoms with Gasteiger partial charge in [0.2, 0.25) is 10.9 Å². The minimum atomic E-state index is -1.37. The molecule has 0 saturated carbocycles. The molecule has 54 heavy (non-hydrogen) atoms. The van der Waals surface area contributed by atoms with Crippen LogP contribution in [0.15, 0.2) is 82.9 Å². The average Bonchev–Trinajstić information content (AvgIpc) is 3.15. The molecule has 0 aliphatic rings. The van der Waals surface area contributed by atoms with Crippen LogP contribution in [0.1, 0.15) is 62.4 Å². The van der Waals surface area contributed by atoms with Crippen LogP contribution in [-0.2, 0) is 25.9 Å². The predicted octanol–water partition coefficient (Wildman–Crippen LogP) is 6.14. The van der Waals surface area contributed by atoms with Crippen LogP contribution in [0.4, 0.5) is 4.39 Å². The molecule has 4 N–H and O–H groups in total. The van der Waals surface area contributed by atoms with Gasteiger partial charge in [-0.1, -0.05) is 61.3 Å². The zero-order valence-corrected chi connectivity index (χ0v) is 31.0. The number of rotatable bonds is 10. The second kappa shape index (κ2) is 18.5. The van der Waals surface area contributed by atoms with Crippen LogP contribution < -0.4 is 10.9 Å². The topological polar surface area (TPSA) is 185 Å². The van der Waals surface area contributed by atoms with Gasteiger partial charge in [0.05, 0.1) is 29.0 Å². The number of benzene rings is 2. The molecule has 0 aliphatic heterocycles. The largest absolute Gasteiger partial charge is 0.477 e. The lowest BCUT2D eigenvalue weighted by Crippen LogP contribution is -2.20. The second-order valence-electron chi connectivity index (χ2n) is 11.7. The molecule has 12 nitrogen and oxygen atoms in total. The fourth-order valence-corrected chi connectivity index (χ4v) is 6.05. The highest BCUT2D eigenvalue weighted by atomic mass is 35.5. The van der Waals surface area contributed by atoms with Crippen molar-refractivity contribution in [1.82, 2.24) is 19.1 Å². The molecule has 6 aromatic rings. The van der Waals surface area contributed by atoms with Crippen LogP contribution in [0.5, 0.6) is 0 Å². The summed E-state index contributed by atoms with van der Waals surface area (Å²) in [6, 6.07) is 13.4. The molecule has 0 aliphatic carbocycles. The van der Waals surface area contributed by atoms with Crippen molar-refractivity contribution in [3.05, 3.63) is 149 Å². The molecule has 0 spiro atoms. The first-order valence-corrected chi connectivity index (χ1v) is 17.5. The van der Waals surface area contributed by atoms with Crippen molar-refractivity contribution < 1.29 is 34.4 Å². The number of carboxylic acids is 2. The number of halogens is 3. The summed E-state index contributed by atoms with van der Waals surface area (Å²) < 4.78 is 17.0. The summed E-state index contributed by atoms with van der Waals surface area (Å²) >= 11 is 11.9. The van der Waals surface area contributed by atoms with Crippen LogP contribution in [-0.4, -0.2) is 64.7 Å². The van der Waals surface area contributed by atoms with Crippen LogP contribution in [0.3, 0.4) is 0 Å². The van der Waals surface area contributed by atoms with Crippen molar-refractivity contribution in [3.63, 3.8) is 0 Å². The molecule has 0 bridgehead atoms. The van der Waals surface area contributed by atoms with Gasteiger partial charge in [0.25, 0.3) is 0 Å². The van der Waals surface area contributed by atoms with E-state index in [4.69, 9.17) is 28.3 Å². The Morgan fingerprint density at radius 1 is 0.722 bits per heavy atom. The SMILES string of the molecule is CC.Cc1c(Cl)cccc1Cc1cnc2c(c1)c(=O)c(C(=O)O)cn2CCO.O=C(O)c1cn(CCO)c2ncc(Cc3cccc(Cl)c3F)cc2c1=O. The van der Waals surface area contributed by atoms with E-state index in [1.54, 1.807) is 24.4 Å². The maximum Gasteiger partial charge on any atom is 0.341 e. The molecular formula is C39H37Cl2FN4O8. The third-order valence-electron chi connectivity index (χ3n) is 8.28. The van der Waals surface area contributed by atoms with Crippen molar-refractivity contribution in [3.8, 4) is 0 Å². The van der Waals surface area contributed by atoms with Crippen LogP contribution in [0.2, 0.25) is 10.0 Å². The van der Waals surface area contributed by atoms with E-state index in [1.807, 2.05) is 39.0 Å². The minimum Gasteiger partial charge on any atom is -0.477 e. The van der Waals surface area contributed by atoms with Gasteiger partial charge in [-0.2, -0.15) is 0 Å². The van der Waals surface area contributed by atoms with E-state index in [0.29, 0.717) is 28.2 Å². The molecule has 0 fully saturated rings. The first-order chi connectivity index (χ1) is 25.8. The first kappa shape index (κ1) is 41.3. The summed E-state index contributed by atoms with van der Waals surface area (Å²) in [5.41, 5.74) is 2.18. The Morgan fingerprint density at radius 3 is 1.59 bits per heavy atom. The second-order valence-corrected chi connectivity index (χ2v) is 12.5. The van der Waals surface area contributed by atoms with Crippen molar-refractivity contribution >= 4 is 57.2 Å². The van der Waals surface area contributed by atoms with E-state index in [9.17, 15) is 38.9 Å². The Kier molecular flexibility index (Phi) is 14.2. The highest BCUT2D eigenvalue weighted by Crippen LogP contribution is 2.23. The summed E-state index contributed by atoms with van der Waals surface area (Å²) in [6.45, 7) is 5.72. The molecule has 282 valence electrons. The fraction of sp³-hybridized carbons (Fsp3) is 0.231. The minimum absolute atomic E-state index is 0.00490. The molecule has 4 aromatic heterocycles. The molecular weight excluding hydrogens is 742 g/mol. The van der Waals surface area contributed by atoms with Crippen molar-refractivity contribution in [2.45, 2.75) is 46.7 Å². The lowest BCUT2D eigenvalue weighted by atomic mass is 10.0. The molecule has 0 unspecified atom stereocenters. The van der Waals surface area contributed by atoms with E-state index >= 15 is 0 Å². The number of nitrogens with zero attached hydrogens (tertiary/aromatic N) is 4. The summed E-state index contributed by atoms with van der Waals surface area (Å²) in [6.07, 6.45) is 6.18. The number of aromatic carboxylic acids is 2. The van der Waals surface area contributed by atoms with Gasteiger partial charge >= 0.3 is 11.9 Å². The lowest BCUT2D eigenvalue weighted by molar-refractivity contribution is 0.0684. The summed E-state index contributed by atoms with van der Waals surface area (Å²) in [7, 11) is 0. The maximum atomic E-state index is 14.1. The number of carbonyl (C=O) groups is 2. The van der Waals surface area contributed by atoms with Crippen molar-refractivity contribution in [2.24, 2.45) is 0 Å². The van der Waals surface area contributed by atoms with Gasteiger partial charge in [0.1, 0.15) is 28.2 Å². The Hall–Kier alpha value is -5.47. The lowest BCUT2D eigenvalue weighted by Gasteiger charge is -2.12. The van der Waals surface area contributed by atoms with E-state index in [2.05, 4.69) is 9.97 Å². The predicted molar refractivity (Wildman–Crippen MR) is 205 cm³/mol. The fourth-order valence-electron chi connectivity index (χ4n) is 5.66. The first-order valence-electron chi connectivity index (χ1n) is 16.7. The number of aliphatic hydroxyl groups excluding tert-OH is 2. The Labute approximate surface area is 318 Å². The van der Waals surface area contributed by atoms with E-state index < -0.39 is 34.2 Å². The molecule has 15 heteroatoms. The smallest absolute Gasteiger partial charge is 0.341 e. The van der Waals surface area contributed by atoms with Gasteiger partial charge in [-0.05, 0) is 65.4 Å². The van der Waals surface area contributed by atoms with Gasteiger partial charge in [-0.15, -0.1) is 0 Å². The van der Waals surface area contributed by atoms with Crippen molar-refractivity contribution in [2.75, 3.05) is 13.2 Å². The molecule has 0 saturated heterocycles. The zero-order chi connectivity index (χ0) is 39.7. The summed E-state index contributed by atoms with van der Waals surface area (Å²) in [5, 5.41) is 37.8. The van der Waals surface area contributed by atoms with Crippen LogP contribution in [0, 0.1) is 12.7 Å². The molecule has 4 heterocycles. The van der Waals surface area contributed by atoms with Gasteiger partial charge < -0.3 is 29.6 Å². The Bertz CT molecular complexity index is 2300. The Morgan fingerprint density at radius 2 is 1.15 bits per heavy atom. The number of hydrogen-bond acceptors (Lipinski definition) is 8. The third-order valence-corrected chi connectivity index (χ3v) is 8.98. The molecule has 0 radical (unpaired) electrons. The molecule has 0 atom stereocenters. The Balaban J connectivity index is 0.000000230. The number of aromatic nitrogens is 4. The van der Waals surface area contributed by atoms with Crippen molar-refractivity contribution in [1.29, 1.82) is 0 Å². The van der Waals surface area contributed by atoms with Gasteiger partial charge in [0.15, 0.2) is 0 Å². The van der Waals surface area contributed by atoms with E-state index in [1.165, 1.54) is 33.7 Å². The van der Waals surface area contributed by atoms with Crippen LogP contribution in [0.25, 0.3) is 22.1 Å².